The third kappa shape index (κ3) is 5.49. The number of hydrogen-bond donors (Lipinski definition) is 0. The summed E-state index contributed by atoms with van der Waals surface area (Å²) in [5, 5.41) is 0. The fourth-order valence-electron chi connectivity index (χ4n) is 2.52. The summed E-state index contributed by atoms with van der Waals surface area (Å²) in [7, 11) is 3.38. The molecule has 2 rings (SSSR count). The molecule has 140 valence electrons. The first-order valence-corrected chi connectivity index (χ1v) is 9.29. The van der Waals surface area contributed by atoms with Crippen LogP contribution in [0.4, 0.5) is 0 Å². The maximum Gasteiger partial charge on any atom is 0.260 e. The van der Waals surface area contributed by atoms with Crippen LogP contribution in [-0.4, -0.2) is 31.6 Å². The summed E-state index contributed by atoms with van der Waals surface area (Å²) in [6.07, 6.45) is 0. The normalized spacial score (nSPS) is 11.2. The fraction of sp³-hybridized carbons (Fsp3) is 0.381. The van der Waals surface area contributed by atoms with Crippen LogP contribution in [0.1, 0.15) is 31.9 Å². The van der Waals surface area contributed by atoms with E-state index in [2.05, 4.69) is 36.7 Å². The van der Waals surface area contributed by atoms with Gasteiger partial charge in [-0.1, -0.05) is 48.8 Å². The Morgan fingerprint density at radius 3 is 2.35 bits per heavy atom. The molecule has 1 amide bonds. The van der Waals surface area contributed by atoms with Crippen molar-refractivity contribution in [3.8, 4) is 11.5 Å². The van der Waals surface area contributed by atoms with E-state index in [0.29, 0.717) is 12.3 Å². The molecule has 0 aliphatic rings. The van der Waals surface area contributed by atoms with E-state index in [1.165, 1.54) is 5.56 Å². The lowest BCUT2D eigenvalue weighted by Crippen LogP contribution is -2.31. The van der Waals surface area contributed by atoms with Gasteiger partial charge < -0.3 is 14.4 Å². The summed E-state index contributed by atoms with van der Waals surface area (Å²) in [5.74, 6) is 1.36. The van der Waals surface area contributed by atoms with Gasteiger partial charge in [0, 0.05) is 23.6 Å². The second-order valence-electron chi connectivity index (χ2n) is 7.27. The Kier molecular flexibility index (Phi) is 6.70. The Morgan fingerprint density at radius 1 is 1.12 bits per heavy atom. The van der Waals surface area contributed by atoms with Crippen LogP contribution in [0, 0.1) is 0 Å². The topological polar surface area (TPSA) is 38.8 Å². The van der Waals surface area contributed by atoms with Crippen molar-refractivity contribution in [2.45, 2.75) is 32.7 Å². The molecule has 0 fully saturated rings. The molecule has 0 aliphatic heterocycles. The highest BCUT2D eigenvalue weighted by molar-refractivity contribution is 9.10. The number of nitrogens with zero attached hydrogens (tertiary/aromatic N) is 1. The first-order chi connectivity index (χ1) is 12.2. The lowest BCUT2D eigenvalue weighted by atomic mass is 9.87. The van der Waals surface area contributed by atoms with Gasteiger partial charge in [0.15, 0.2) is 6.61 Å². The number of methoxy groups -OCH3 is 1. The minimum atomic E-state index is -0.0908. The standard InChI is InChI=1S/C21H26BrNO3/c1-21(2,3)16-6-9-18(10-7-16)26-14-20(24)23(4)13-15-12-17(22)8-11-19(15)25-5/h6-12H,13-14H2,1-5H3. The van der Waals surface area contributed by atoms with Gasteiger partial charge in [0.05, 0.1) is 7.11 Å². The molecule has 0 aromatic heterocycles. The summed E-state index contributed by atoms with van der Waals surface area (Å²) in [4.78, 5) is 14.0. The van der Waals surface area contributed by atoms with E-state index < -0.39 is 0 Å². The average molecular weight is 420 g/mol. The quantitative estimate of drug-likeness (QED) is 0.675. The van der Waals surface area contributed by atoms with Gasteiger partial charge in [-0.3, -0.25) is 4.79 Å². The van der Waals surface area contributed by atoms with E-state index in [0.717, 1.165) is 15.8 Å². The molecule has 0 bridgehead atoms. The summed E-state index contributed by atoms with van der Waals surface area (Å²) in [6.45, 7) is 6.95. The van der Waals surface area contributed by atoms with Gasteiger partial charge >= 0.3 is 0 Å². The van der Waals surface area contributed by atoms with Crippen molar-refractivity contribution < 1.29 is 14.3 Å². The molecule has 0 aliphatic carbocycles. The number of rotatable bonds is 6. The van der Waals surface area contributed by atoms with Crippen molar-refractivity contribution in [3.05, 3.63) is 58.1 Å². The Hall–Kier alpha value is -2.01. The fourth-order valence-corrected chi connectivity index (χ4v) is 2.93. The third-order valence-electron chi connectivity index (χ3n) is 4.16. The lowest BCUT2D eigenvalue weighted by molar-refractivity contribution is -0.132. The Morgan fingerprint density at radius 2 is 1.77 bits per heavy atom. The van der Waals surface area contributed by atoms with E-state index in [1.54, 1.807) is 19.1 Å². The number of benzene rings is 2. The van der Waals surface area contributed by atoms with Crippen LogP contribution < -0.4 is 9.47 Å². The molecule has 5 heteroatoms. The van der Waals surface area contributed by atoms with E-state index in [9.17, 15) is 4.79 Å². The van der Waals surface area contributed by atoms with Gasteiger partial charge in [-0.05, 0) is 41.3 Å². The highest BCUT2D eigenvalue weighted by Gasteiger charge is 2.15. The maximum absolute atomic E-state index is 12.4. The highest BCUT2D eigenvalue weighted by atomic mass is 79.9. The zero-order valence-corrected chi connectivity index (χ0v) is 17.6. The summed E-state index contributed by atoms with van der Waals surface area (Å²) in [6, 6.07) is 13.6. The van der Waals surface area contributed by atoms with Gasteiger partial charge in [-0.15, -0.1) is 0 Å². The van der Waals surface area contributed by atoms with E-state index in [4.69, 9.17) is 9.47 Å². The molecule has 0 N–H and O–H groups in total. The maximum atomic E-state index is 12.4. The van der Waals surface area contributed by atoms with Crippen LogP contribution in [-0.2, 0) is 16.8 Å². The van der Waals surface area contributed by atoms with Crippen molar-refractivity contribution in [2.75, 3.05) is 20.8 Å². The number of carbonyl (C=O) groups is 1. The van der Waals surface area contributed by atoms with Crippen LogP contribution in [0.25, 0.3) is 0 Å². The zero-order chi connectivity index (χ0) is 19.3. The lowest BCUT2D eigenvalue weighted by Gasteiger charge is -2.20. The summed E-state index contributed by atoms with van der Waals surface area (Å²) >= 11 is 3.45. The van der Waals surface area contributed by atoms with Gasteiger partial charge in [0.25, 0.3) is 5.91 Å². The molecular formula is C21H26BrNO3. The number of ether oxygens (including phenoxy) is 2. The molecule has 2 aromatic carbocycles. The monoisotopic (exact) mass is 419 g/mol. The van der Waals surface area contributed by atoms with Crippen molar-refractivity contribution in [2.24, 2.45) is 0 Å². The SMILES string of the molecule is COc1ccc(Br)cc1CN(C)C(=O)COc1ccc(C(C)(C)C)cc1. The molecule has 0 radical (unpaired) electrons. The summed E-state index contributed by atoms with van der Waals surface area (Å²) in [5.41, 5.74) is 2.26. The molecular weight excluding hydrogens is 394 g/mol. The Bertz CT molecular complexity index is 751. The van der Waals surface area contributed by atoms with Crippen LogP contribution >= 0.6 is 15.9 Å². The number of likely N-dealkylation sites (N-methyl/N-ethyl adjacent to an activating group) is 1. The first kappa shape index (κ1) is 20.3. The van der Waals surface area contributed by atoms with Crippen LogP contribution in [0.2, 0.25) is 0 Å². The highest BCUT2D eigenvalue weighted by Crippen LogP contribution is 2.25. The van der Waals surface area contributed by atoms with Crippen molar-refractivity contribution >= 4 is 21.8 Å². The number of hydrogen-bond acceptors (Lipinski definition) is 3. The third-order valence-corrected chi connectivity index (χ3v) is 4.65. The zero-order valence-electron chi connectivity index (χ0n) is 16.0. The van der Waals surface area contributed by atoms with Crippen molar-refractivity contribution in [3.63, 3.8) is 0 Å². The predicted octanol–water partition coefficient (Wildman–Crippen LogP) is 4.79. The van der Waals surface area contributed by atoms with Crippen molar-refractivity contribution in [1.29, 1.82) is 0 Å². The van der Waals surface area contributed by atoms with Crippen LogP contribution in [0.15, 0.2) is 46.9 Å². The molecule has 0 heterocycles. The van der Waals surface area contributed by atoms with Crippen LogP contribution in [0.3, 0.4) is 0 Å². The molecule has 0 saturated heterocycles. The number of amides is 1. The van der Waals surface area contributed by atoms with Gasteiger partial charge in [0.1, 0.15) is 11.5 Å². The van der Waals surface area contributed by atoms with E-state index in [-0.39, 0.29) is 17.9 Å². The molecule has 0 spiro atoms. The molecule has 0 unspecified atom stereocenters. The molecule has 0 saturated carbocycles. The molecule has 4 nitrogen and oxygen atoms in total. The summed E-state index contributed by atoms with van der Waals surface area (Å²) < 4.78 is 12.0. The smallest absolute Gasteiger partial charge is 0.260 e. The molecule has 2 aromatic rings. The largest absolute Gasteiger partial charge is 0.496 e. The van der Waals surface area contributed by atoms with E-state index in [1.807, 2.05) is 42.5 Å². The second-order valence-corrected chi connectivity index (χ2v) is 8.18. The minimum absolute atomic E-state index is 0.00167. The Labute approximate surface area is 164 Å². The molecule has 26 heavy (non-hydrogen) atoms. The van der Waals surface area contributed by atoms with Gasteiger partial charge in [0.2, 0.25) is 0 Å². The second kappa shape index (κ2) is 8.58. The van der Waals surface area contributed by atoms with Crippen LogP contribution in [0.5, 0.6) is 11.5 Å². The average Bonchev–Trinajstić information content (AvgIpc) is 2.59. The molecule has 0 atom stereocenters. The predicted molar refractivity (Wildman–Crippen MR) is 108 cm³/mol. The van der Waals surface area contributed by atoms with E-state index >= 15 is 0 Å². The van der Waals surface area contributed by atoms with Crippen molar-refractivity contribution in [1.82, 2.24) is 4.90 Å². The number of carbonyl (C=O) groups excluding carboxylic acids is 1. The minimum Gasteiger partial charge on any atom is -0.496 e. The number of halogens is 1. The Balaban J connectivity index is 1.94. The first-order valence-electron chi connectivity index (χ1n) is 8.50. The van der Waals surface area contributed by atoms with Gasteiger partial charge in [-0.2, -0.15) is 0 Å². The van der Waals surface area contributed by atoms with Gasteiger partial charge in [-0.25, -0.2) is 0 Å².